The van der Waals surface area contributed by atoms with E-state index in [1.807, 2.05) is 0 Å². The van der Waals surface area contributed by atoms with E-state index in [1.165, 1.54) is 82.4 Å². The number of benzene rings is 10. The second-order valence-electron chi connectivity index (χ2n) is 19.3. The lowest BCUT2D eigenvalue weighted by atomic mass is 9.90. The summed E-state index contributed by atoms with van der Waals surface area (Å²) in [6.45, 7) is 4.42. The Balaban J connectivity index is 0.932. The van der Waals surface area contributed by atoms with Gasteiger partial charge in [0, 0.05) is 33.5 Å². The third-order valence-electron chi connectivity index (χ3n) is 14.7. The first-order chi connectivity index (χ1) is 36.6. The molecule has 2 aliphatic carbocycles. The molecule has 0 radical (unpaired) electrons. The molecule has 0 saturated heterocycles. The normalized spacial score (nSPS) is 14.4. The standard InChI is InChI=1S/C72H52N2/c1-50-18-5-4-6-19-53-20-12-14-30-66(53)68(46-50)56-40-44-62(45-41-56)73(61-42-38-52(39-43-61)51-34-36-55(37-35-51)65-31-16-24-54-21-11-13-29-64(54)65)63-28-15-25-59(47-63)67-32-17-33-70-72(67)69-48-57-22-9-10-23-58(57)49-71(69)74(70)60-26-7-2-3-8-27-60/h2-7,9-18,20-49H,1,8,19H2/b6-4-,18-5-,68-46?. The van der Waals surface area contributed by atoms with Gasteiger partial charge in [0.05, 0.1) is 11.0 Å². The van der Waals surface area contributed by atoms with Gasteiger partial charge in [-0.2, -0.15) is 0 Å². The maximum absolute atomic E-state index is 4.42. The maximum Gasteiger partial charge on any atom is 0.0547 e. The fraction of sp³-hybridized carbons (Fsp3) is 0.0278. The summed E-state index contributed by atoms with van der Waals surface area (Å²) in [5.74, 6) is 0. The van der Waals surface area contributed by atoms with Gasteiger partial charge in [0.25, 0.3) is 0 Å². The van der Waals surface area contributed by atoms with Crippen LogP contribution >= 0.6 is 0 Å². The Labute approximate surface area is 433 Å². The van der Waals surface area contributed by atoms with Crippen molar-refractivity contribution in [2.75, 3.05) is 4.90 Å². The van der Waals surface area contributed by atoms with Crippen molar-refractivity contribution in [1.29, 1.82) is 0 Å². The highest BCUT2D eigenvalue weighted by Crippen LogP contribution is 2.44. The molecular formula is C72H52N2. The van der Waals surface area contributed by atoms with E-state index in [0.29, 0.717) is 0 Å². The minimum absolute atomic E-state index is 0.855. The Morgan fingerprint density at radius 2 is 1.03 bits per heavy atom. The monoisotopic (exact) mass is 944 g/mol. The van der Waals surface area contributed by atoms with Crippen molar-refractivity contribution in [1.82, 2.24) is 4.57 Å². The highest BCUT2D eigenvalue weighted by molar-refractivity contribution is 6.19. The lowest BCUT2D eigenvalue weighted by molar-refractivity contribution is 1.22. The number of hydrogen-bond acceptors (Lipinski definition) is 1. The molecule has 0 unspecified atom stereocenters. The second kappa shape index (κ2) is 19.3. The highest BCUT2D eigenvalue weighted by Gasteiger charge is 2.21. The molecule has 74 heavy (non-hydrogen) atoms. The predicted molar refractivity (Wildman–Crippen MR) is 317 cm³/mol. The number of rotatable bonds is 8. The van der Waals surface area contributed by atoms with E-state index in [2.05, 4.69) is 295 Å². The number of allylic oxidation sites excluding steroid dienone is 12. The van der Waals surface area contributed by atoms with E-state index in [4.69, 9.17) is 0 Å². The molecule has 0 bridgehead atoms. The van der Waals surface area contributed by atoms with Gasteiger partial charge in [0.15, 0.2) is 0 Å². The van der Waals surface area contributed by atoms with Crippen molar-refractivity contribution in [3.05, 3.63) is 308 Å². The van der Waals surface area contributed by atoms with Gasteiger partial charge < -0.3 is 9.47 Å². The van der Waals surface area contributed by atoms with Crippen LogP contribution in [0.2, 0.25) is 0 Å². The zero-order valence-corrected chi connectivity index (χ0v) is 41.1. The van der Waals surface area contributed by atoms with Crippen molar-refractivity contribution >= 4 is 71.7 Å². The van der Waals surface area contributed by atoms with Gasteiger partial charge in [-0.25, -0.2) is 0 Å². The van der Waals surface area contributed by atoms with Crippen LogP contribution in [0.15, 0.2) is 291 Å². The lowest BCUT2D eigenvalue weighted by Gasteiger charge is -2.27. The van der Waals surface area contributed by atoms with Gasteiger partial charge in [-0.1, -0.05) is 219 Å². The molecule has 2 nitrogen and oxygen atoms in total. The smallest absolute Gasteiger partial charge is 0.0547 e. The minimum Gasteiger partial charge on any atom is -0.310 e. The Bertz CT molecular complexity index is 4160. The summed E-state index contributed by atoms with van der Waals surface area (Å²) in [5, 5.41) is 7.46. The second-order valence-corrected chi connectivity index (χ2v) is 19.3. The summed E-state index contributed by atoms with van der Waals surface area (Å²) in [6.07, 6.45) is 23.5. The third-order valence-corrected chi connectivity index (χ3v) is 14.7. The number of hydrogen-bond donors (Lipinski definition) is 0. The highest BCUT2D eigenvalue weighted by atomic mass is 15.1. The summed E-state index contributed by atoms with van der Waals surface area (Å²) in [4.78, 5) is 2.40. The molecule has 10 aromatic carbocycles. The van der Waals surface area contributed by atoms with Crippen LogP contribution in [-0.4, -0.2) is 4.57 Å². The molecule has 0 amide bonds. The molecule has 0 aliphatic heterocycles. The van der Waals surface area contributed by atoms with E-state index < -0.39 is 0 Å². The summed E-state index contributed by atoms with van der Waals surface area (Å²) >= 11 is 0. The average molecular weight is 945 g/mol. The van der Waals surface area contributed by atoms with E-state index in [-0.39, 0.29) is 0 Å². The van der Waals surface area contributed by atoms with Gasteiger partial charge in [-0.05, 0) is 162 Å². The van der Waals surface area contributed by atoms with Crippen molar-refractivity contribution in [2.45, 2.75) is 12.8 Å². The van der Waals surface area contributed by atoms with Crippen LogP contribution in [0.4, 0.5) is 17.1 Å². The third kappa shape index (κ3) is 8.33. The number of nitrogens with zero attached hydrogens (tertiary/aromatic N) is 2. The van der Waals surface area contributed by atoms with E-state index in [1.54, 1.807) is 0 Å². The van der Waals surface area contributed by atoms with Crippen LogP contribution in [-0.2, 0) is 6.42 Å². The van der Waals surface area contributed by atoms with E-state index in [0.717, 1.165) is 57.7 Å². The van der Waals surface area contributed by atoms with E-state index in [9.17, 15) is 0 Å². The summed E-state index contributed by atoms with van der Waals surface area (Å²) in [6, 6.07) is 80.4. The van der Waals surface area contributed by atoms with Gasteiger partial charge in [0.1, 0.15) is 0 Å². The first kappa shape index (κ1) is 44.4. The Morgan fingerprint density at radius 1 is 0.405 bits per heavy atom. The molecule has 0 fully saturated rings. The number of aromatic nitrogens is 1. The molecule has 0 N–H and O–H groups in total. The zero-order valence-electron chi connectivity index (χ0n) is 41.1. The van der Waals surface area contributed by atoms with Crippen molar-refractivity contribution < 1.29 is 0 Å². The predicted octanol–water partition coefficient (Wildman–Crippen LogP) is 19.6. The van der Waals surface area contributed by atoms with Crippen molar-refractivity contribution in [3.63, 3.8) is 0 Å². The molecule has 2 aliphatic rings. The molecule has 1 aromatic heterocycles. The molecule has 1 heterocycles. The van der Waals surface area contributed by atoms with Crippen LogP contribution < -0.4 is 4.90 Å². The van der Waals surface area contributed by atoms with Crippen LogP contribution in [0.1, 0.15) is 23.1 Å². The molecule has 350 valence electrons. The molecule has 0 spiro atoms. The Kier molecular flexibility index (Phi) is 11.6. The zero-order chi connectivity index (χ0) is 49.4. The van der Waals surface area contributed by atoms with Gasteiger partial charge in [-0.3, -0.25) is 0 Å². The molecule has 2 heteroatoms. The van der Waals surface area contributed by atoms with Crippen LogP contribution in [0.3, 0.4) is 0 Å². The quantitative estimate of drug-likeness (QED) is 0.147. The molecule has 13 rings (SSSR count). The summed E-state index contributed by atoms with van der Waals surface area (Å²) in [5.41, 5.74) is 19.7. The Morgan fingerprint density at radius 3 is 1.85 bits per heavy atom. The number of anilines is 3. The molecular weight excluding hydrogens is 893 g/mol. The first-order valence-corrected chi connectivity index (χ1v) is 25.6. The minimum atomic E-state index is 0.855. The average Bonchev–Trinajstić information content (AvgIpc) is 3.56. The largest absolute Gasteiger partial charge is 0.310 e. The Hall–Kier alpha value is -9.50. The van der Waals surface area contributed by atoms with Crippen molar-refractivity contribution in [3.8, 4) is 33.4 Å². The first-order valence-electron chi connectivity index (χ1n) is 25.6. The lowest BCUT2D eigenvalue weighted by Crippen LogP contribution is -2.10. The summed E-state index contributed by atoms with van der Waals surface area (Å²) in [7, 11) is 0. The van der Waals surface area contributed by atoms with E-state index >= 15 is 0 Å². The maximum atomic E-state index is 4.42. The van der Waals surface area contributed by atoms with Crippen molar-refractivity contribution in [2.24, 2.45) is 0 Å². The fourth-order valence-corrected chi connectivity index (χ4v) is 11.1. The van der Waals surface area contributed by atoms with Crippen LogP contribution in [0, 0.1) is 0 Å². The summed E-state index contributed by atoms with van der Waals surface area (Å²) < 4.78 is 2.45. The molecule has 11 aromatic rings. The van der Waals surface area contributed by atoms with Gasteiger partial charge in [-0.15, -0.1) is 0 Å². The van der Waals surface area contributed by atoms with Gasteiger partial charge >= 0.3 is 0 Å². The topological polar surface area (TPSA) is 8.17 Å². The molecule has 0 atom stereocenters. The molecule has 0 saturated carbocycles. The van der Waals surface area contributed by atoms with Crippen LogP contribution in [0.5, 0.6) is 0 Å². The van der Waals surface area contributed by atoms with Crippen LogP contribution in [0.25, 0.3) is 88.0 Å². The van der Waals surface area contributed by atoms with Gasteiger partial charge in [0.2, 0.25) is 0 Å². The SMILES string of the molecule is C=C1C=C(c2ccc(N(c3ccc(-c4ccc(-c5cccc6ccccc56)cc4)cc3)c3cccc(-c4cccc5c4c4cc6ccccc6cc4n5C4=CCC=CC=C4)c3)cc2)c2ccccc2C/C=C\C=C/1. The fourth-order valence-electron chi connectivity index (χ4n) is 11.1. The number of fused-ring (bicyclic) bond motifs is 6.